The molecule has 0 amide bonds. The van der Waals surface area contributed by atoms with Gasteiger partial charge in [0.1, 0.15) is 22.7 Å². The Bertz CT molecular complexity index is 5090. The molecule has 3 aliphatic rings. The molecule has 0 fully saturated rings. The van der Waals surface area contributed by atoms with Gasteiger partial charge in [0.25, 0.3) is 0 Å². The third-order valence-electron chi connectivity index (χ3n) is 18.8. The van der Waals surface area contributed by atoms with Crippen molar-refractivity contribution in [1.29, 1.82) is 0 Å². The van der Waals surface area contributed by atoms with Crippen molar-refractivity contribution in [3.05, 3.63) is 354 Å². The first-order valence-corrected chi connectivity index (χ1v) is 30.4. The highest BCUT2D eigenvalue weighted by Crippen LogP contribution is 2.65. The molecule has 0 saturated carbocycles. The Morgan fingerprint density at radius 3 is 1.39 bits per heavy atom. The van der Waals surface area contributed by atoms with Gasteiger partial charge in [0.05, 0.1) is 16.5 Å². The van der Waals surface area contributed by atoms with Gasteiger partial charge in [0, 0.05) is 49.6 Å². The zero-order valence-corrected chi connectivity index (χ0v) is 48.2. The van der Waals surface area contributed by atoms with E-state index < -0.39 is 10.8 Å². The van der Waals surface area contributed by atoms with E-state index in [2.05, 4.69) is 302 Å². The number of fused-ring (bicyclic) bond motifs is 19. The van der Waals surface area contributed by atoms with Crippen LogP contribution in [0.2, 0.25) is 0 Å². The molecule has 0 atom stereocenters. The molecule has 1 spiro atoms. The maximum Gasteiger partial charge on any atom is 0.140 e. The van der Waals surface area contributed by atoms with Crippen LogP contribution in [0.5, 0.6) is 11.5 Å². The molecular weight excluding hydrogens is 1050 g/mol. The van der Waals surface area contributed by atoms with Crippen molar-refractivity contribution in [2.24, 2.45) is 0 Å². The summed E-state index contributed by atoms with van der Waals surface area (Å²) in [6.07, 6.45) is 0. The fraction of sp³-hybridized carbons (Fsp3) is 0.0476. The SMILES string of the molecule is CC.c1ccc(C2(c3ccccc3)c3ccccc3-c3c(N(c4ccc(-c5ccc6c(c5)C5(c7ccccc7-6)c6ccc7ccccc7c6Oc6c5ccc5ccccc65)cc4)c4ccc(-c5ccc6oc7ccccc7c6c5)cc4)cccc32)cc1. The van der Waals surface area contributed by atoms with Gasteiger partial charge in [-0.1, -0.05) is 269 Å². The van der Waals surface area contributed by atoms with Gasteiger partial charge >= 0.3 is 0 Å². The Morgan fingerprint density at radius 2 is 0.759 bits per heavy atom. The molecular formula is C84H57NO2. The fourth-order valence-corrected chi connectivity index (χ4v) is 15.2. The molecule has 1 aromatic heterocycles. The largest absolute Gasteiger partial charge is 0.456 e. The van der Waals surface area contributed by atoms with E-state index in [0.29, 0.717) is 0 Å². The van der Waals surface area contributed by atoms with Crippen LogP contribution in [0.1, 0.15) is 58.4 Å². The zero-order chi connectivity index (χ0) is 57.8. The highest BCUT2D eigenvalue weighted by atomic mass is 16.5. The summed E-state index contributed by atoms with van der Waals surface area (Å²) in [5.41, 5.74) is 23.1. The summed E-state index contributed by atoms with van der Waals surface area (Å²) >= 11 is 0. The molecule has 1 aliphatic heterocycles. The van der Waals surface area contributed by atoms with E-state index in [1.807, 2.05) is 26.0 Å². The van der Waals surface area contributed by atoms with Crippen LogP contribution in [0, 0.1) is 0 Å². The molecule has 87 heavy (non-hydrogen) atoms. The molecule has 410 valence electrons. The molecule has 0 N–H and O–H groups in total. The van der Waals surface area contributed by atoms with Gasteiger partial charge in [0.2, 0.25) is 0 Å². The fourth-order valence-electron chi connectivity index (χ4n) is 15.2. The molecule has 0 saturated heterocycles. The van der Waals surface area contributed by atoms with Gasteiger partial charge in [0.15, 0.2) is 0 Å². The van der Waals surface area contributed by atoms with Crippen molar-refractivity contribution in [3.8, 4) is 56.0 Å². The lowest BCUT2D eigenvalue weighted by atomic mass is 9.65. The van der Waals surface area contributed by atoms with Crippen molar-refractivity contribution in [1.82, 2.24) is 0 Å². The van der Waals surface area contributed by atoms with E-state index in [-0.39, 0.29) is 0 Å². The van der Waals surface area contributed by atoms with Crippen LogP contribution in [-0.2, 0) is 10.8 Å². The Kier molecular flexibility index (Phi) is 11.5. The van der Waals surface area contributed by atoms with Crippen LogP contribution in [0.3, 0.4) is 0 Å². The van der Waals surface area contributed by atoms with E-state index in [9.17, 15) is 0 Å². The van der Waals surface area contributed by atoms with E-state index in [1.54, 1.807) is 0 Å². The Labute approximate surface area is 506 Å². The van der Waals surface area contributed by atoms with Gasteiger partial charge in [-0.05, 0) is 138 Å². The Hall–Kier alpha value is -11.0. The number of nitrogens with zero attached hydrogens (tertiary/aromatic N) is 1. The summed E-state index contributed by atoms with van der Waals surface area (Å²) in [5.74, 6) is 1.83. The number of hydrogen-bond donors (Lipinski definition) is 0. The normalized spacial score (nSPS) is 13.4. The van der Waals surface area contributed by atoms with Crippen molar-refractivity contribution < 1.29 is 9.15 Å². The lowest BCUT2D eigenvalue weighted by molar-refractivity contribution is 0.447. The van der Waals surface area contributed by atoms with Crippen LogP contribution in [0.15, 0.2) is 314 Å². The molecule has 14 aromatic carbocycles. The third kappa shape index (κ3) is 7.30. The van der Waals surface area contributed by atoms with Gasteiger partial charge < -0.3 is 14.1 Å². The van der Waals surface area contributed by atoms with Gasteiger partial charge in [-0.3, -0.25) is 0 Å². The molecule has 3 nitrogen and oxygen atoms in total. The van der Waals surface area contributed by atoms with Crippen molar-refractivity contribution in [3.63, 3.8) is 0 Å². The Morgan fingerprint density at radius 1 is 0.287 bits per heavy atom. The second-order valence-corrected chi connectivity index (χ2v) is 23.0. The van der Waals surface area contributed by atoms with Crippen LogP contribution in [0.25, 0.3) is 88.0 Å². The lowest BCUT2D eigenvalue weighted by Crippen LogP contribution is -2.32. The van der Waals surface area contributed by atoms with E-state index in [0.717, 1.165) is 105 Å². The van der Waals surface area contributed by atoms with Crippen LogP contribution in [0.4, 0.5) is 17.1 Å². The first-order valence-electron chi connectivity index (χ1n) is 30.4. The number of ether oxygens (including phenoxy) is 1. The van der Waals surface area contributed by atoms with Crippen LogP contribution >= 0.6 is 0 Å². The zero-order valence-electron chi connectivity index (χ0n) is 48.2. The molecule has 15 aromatic rings. The first kappa shape index (κ1) is 50.5. The van der Waals surface area contributed by atoms with Gasteiger partial charge in [-0.15, -0.1) is 0 Å². The molecule has 0 radical (unpaired) electrons. The molecule has 3 heteroatoms. The standard InChI is InChI=1S/C82H51NO2.C2H6/c1-3-20-58(21-4-1)81(59-22-5-2-6-23-59)70-30-15-12-28-67(70)78-71(81)31-17-32-75(78)83(60-42-34-52(35-43-60)56-41-49-77-68(50-56)66-27-13-16-33-76(66)84-77)61-44-36-53(37-45-61)57-38-46-65-64-26-11-14-29-69(64)82(74(65)51-57)72-47-39-54-18-7-9-24-62(54)79(72)85-80-63-25-10-8-19-55(63)40-48-73(80)82;1-2/h1-51H;1-2H3. The third-order valence-corrected chi connectivity index (χ3v) is 18.8. The summed E-state index contributed by atoms with van der Waals surface area (Å²) < 4.78 is 13.6. The molecule has 0 bridgehead atoms. The minimum Gasteiger partial charge on any atom is -0.456 e. The summed E-state index contributed by atoms with van der Waals surface area (Å²) in [5, 5.41) is 6.77. The average molecular weight is 1110 g/mol. The monoisotopic (exact) mass is 1110 g/mol. The summed E-state index contributed by atoms with van der Waals surface area (Å²) in [6.45, 7) is 4.00. The van der Waals surface area contributed by atoms with Crippen LogP contribution < -0.4 is 9.64 Å². The van der Waals surface area contributed by atoms with Crippen LogP contribution in [-0.4, -0.2) is 0 Å². The molecule has 0 unspecified atom stereocenters. The number of para-hydroxylation sites is 1. The summed E-state index contributed by atoms with van der Waals surface area (Å²) in [4.78, 5) is 2.47. The lowest BCUT2D eigenvalue weighted by Gasteiger charge is -2.40. The summed E-state index contributed by atoms with van der Waals surface area (Å²) in [7, 11) is 0. The summed E-state index contributed by atoms with van der Waals surface area (Å²) in [6, 6.07) is 114. The first-order chi connectivity index (χ1) is 43.1. The Balaban J connectivity index is 0.00000292. The number of rotatable bonds is 7. The number of anilines is 3. The molecule has 2 aliphatic carbocycles. The quantitative estimate of drug-likeness (QED) is 0.159. The maximum absolute atomic E-state index is 7.29. The number of furan rings is 1. The predicted molar refractivity (Wildman–Crippen MR) is 360 cm³/mol. The average Bonchev–Trinajstić information content (AvgIpc) is 1.65. The van der Waals surface area contributed by atoms with Gasteiger partial charge in [-0.25, -0.2) is 0 Å². The minimum absolute atomic E-state index is 0.560. The smallest absolute Gasteiger partial charge is 0.140 e. The van der Waals surface area contributed by atoms with Gasteiger partial charge in [-0.2, -0.15) is 0 Å². The number of benzene rings is 14. The van der Waals surface area contributed by atoms with Crippen molar-refractivity contribution in [2.45, 2.75) is 24.7 Å². The molecule has 2 heterocycles. The van der Waals surface area contributed by atoms with E-state index in [4.69, 9.17) is 9.15 Å². The highest BCUT2D eigenvalue weighted by molar-refractivity contribution is 6.07. The minimum atomic E-state index is -0.654. The maximum atomic E-state index is 7.29. The molecule has 18 rings (SSSR count). The topological polar surface area (TPSA) is 25.6 Å². The van der Waals surface area contributed by atoms with E-state index in [1.165, 1.54) is 55.6 Å². The number of hydrogen-bond acceptors (Lipinski definition) is 3. The van der Waals surface area contributed by atoms with Crippen molar-refractivity contribution in [2.75, 3.05) is 4.90 Å². The van der Waals surface area contributed by atoms with E-state index >= 15 is 0 Å². The highest BCUT2D eigenvalue weighted by Gasteiger charge is 2.52. The second kappa shape index (κ2) is 19.8. The van der Waals surface area contributed by atoms with Crippen molar-refractivity contribution >= 4 is 60.5 Å². The predicted octanol–water partition coefficient (Wildman–Crippen LogP) is 22.6. The second-order valence-electron chi connectivity index (χ2n) is 23.0.